The highest BCUT2D eigenvalue weighted by atomic mass is 16.5. The third-order valence-corrected chi connectivity index (χ3v) is 9.83. The molecule has 3 saturated carbocycles. The first-order chi connectivity index (χ1) is 16.7. The van der Waals surface area contributed by atoms with Gasteiger partial charge in [0.25, 0.3) is 0 Å². The lowest BCUT2D eigenvalue weighted by atomic mass is 9.47. The van der Waals surface area contributed by atoms with E-state index in [0.717, 1.165) is 37.9 Å². The SMILES string of the molecule is CCOC(=O)C=CC=C(OCC)C1CCC2C3CC=C4CC(OC(C)=O)CCC4(C)C3CCC12C. The number of ether oxygens (including phenoxy) is 3. The van der Waals surface area contributed by atoms with Gasteiger partial charge in [-0.1, -0.05) is 31.6 Å². The molecule has 0 aliphatic heterocycles. The standard InChI is InChI=1S/C30H44O5/c1-6-33-27(9-8-10-28(32)34-7-2)26-14-13-24-23-12-11-21-19-22(35-20(3)31)15-17-29(21,4)25(23)16-18-30(24,26)5/h8-11,22-26H,6-7,12-19H2,1-5H3. The van der Waals surface area contributed by atoms with Crippen LogP contribution in [0.25, 0.3) is 0 Å². The highest BCUT2D eigenvalue weighted by Crippen LogP contribution is 2.67. The topological polar surface area (TPSA) is 61.8 Å². The van der Waals surface area contributed by atoms with Crippen molar-refractivity contribution in [3.8, 4) is 0 Å². The van der Waals surface area contributed by atoms with Crippen LogP contribution in [0.2, 0.25) is 0 Å². The molecule has 0 amide bonds. The lowest BCUT2D eigenvalue weighted by Gasteiger charge is -2.58. The minimum absolute atomic E-state index is 0.0506. The molecule has 0 heterocycles. The van der Waals surface area contributed by atoms with Crippen LogP contribution in [-0.2, 0) is 23.8 Å². The Balaban J connectivity index is 1.53. The summed E-state index contributed by atoms with van der Waals surface area (Å²) in [6.45, 7) is 11.4. The summed E-state index contributed by atoms with van der Waals surface area (Å²) in [4.78, 5) is 23.3. The van der Waals surface area contributed by atoms with E-state index in [2.05, 4.69) is 19.9 Å². The van der Waals surface area contributed by atoms with Gasteiger partial charge in [0.2, 0.25) is 0 Å². The Morgan fingerprint density at radius 2 is 1.80 bits per heavy atom. The largest absolute Gasteiger partial charge is 0.498 e. The van der Waals surface area contributed by atoms with Crippen LogP contribution in [0.5, 0.6) is 0 Å². The lowest BCUT2D eigenvalue weighted by molar-refractivity contribution is -0.148. The first kappa shape index (κ1) is 26.0. The van der Waals surface area contributed by atoms with Crippen molar-refractivity contribution >= 4 is 11.9 Å². The van der Waals surface area contributed by atoms with Crippen molar-refractivity contribution in [1.29, 1.82) is 0 Å². The highest BCUT2D eigenvalue weighted by molar-refractivity contribution is 5.82. The van der Waals surface area contributed by atoms with Gasteiger partial charge < -0.3 is 14.2 Å². The molecule has 194 valence electrons. The summed E-state index contributed by atoms with van der Waals surface area (Å²) >= 11 is 0. The van der Waals surface area contributed by atoms with Gasteiger partial charge in [0.15, 0.2) is 0 Å². The number of hydrogen-bond donors (Lipinski definition) is 0. The molecular weight excluding hydrogens is 440 g/mol. The molecule has 0 spiro atoms. The van der Waals surface area contributed by atoms with Crippen molar-refractivity contribution < 1.29 is 23.8 Å². The molecule has 35 heavy (non-hydrogen) atoms. The van der Waals surface area contributed by atoms with E-state index in [9.17, 15) is 9.59 Å². The summed E-state index contributed by atoms with van der Waals surface area (Å²) in [5, 5.41) is 0. The molecule has 3 fully saturated rings. The van der Waals surface area contributed by atoms with E-state index < -0.39 is 0 Å². The average Bonchev–Trinajstić information content (AvgIpc) is 3.16. The molecule has 4 aliphatic carbocycles. The van der Waals surface area contributed by atoms with Gasteiger partial charge in [-0.3, -0.25) is 4.79 Å². The quantitative estimate of drug-likeness (QED) is 0.135. The minimum Gasteiger partial charge on any atom is -0.498 e. The van der Waals surface area contributed by atoms with Crippen LogP contribution in [0, 0.1) is 34.5 Å². The van der Waals surface area contributed by atoms with Crippen LogP contribution in [0.15, 0.2) is 35.6 Å². The Hall–Kier alpha value is -2.04. The number of esters is 2. The van der Waals surface area contributed by atoms with E-state index in [1.807, 2.05) is 19.9 Å². The molecule has 0 aromatic carbocycles. The summed E-state index contributed by atoms with van der Waals surface area (Å²) in [6.07, 6.45) is 16.9. The number of fused-ring (bicyclic) bond motifs is 5. The van der Waals surface area contributed by atoms with Crippen molar-refractivity contribution in [2.75, 3.05) is 13.2 Å². The number of allylic oxidation sites excluding steroid dienone is 4. The van der Waals surface area contributed by atoms with Gasteiger partial charge in [0, 0.05) is 25.3 Å². The number of rotatable bonds is 7. The summed E-state index contributed by atoms with van der Waals surface area (Å²) in [7, 11) is 0. The summed E-state index contributed by atoms with van der Waals surface area (Å²) < 4.78 is 16.8. The zero-order chi connectivity index (χ0) is 25.2. The Bertz CT molecular complexity index is 900. The molecule has 0 aromatic heterocycles. The average molecular weight is 485 g/mol. The maximum absolute atomic E-state index is 11.8. The van der Waals surface area contributed by atoms with Crippen molar-refractivity contribution in [2.24, 2.45) is 34.5 Å². The van der Waals surface area contributed by atoms with Gasteiger partial charge in [0.05, 0.1) is 19.0 Å². The second-order valence-corrected chi connectivity index (χ2v) is 11.5. The molecule has 7 atom stereocenters. The van der Waals surface area contributed by atoms with Crippen molar-refractivity contribution in [2.45, 2.75) is 92.1 Å². The lowest BCUT2D eigenvalue weighted by Crippen LogP contribution is -2.50. The number of carbonyl (C=O) groups excluding carboxylic acids is 2. The van der Waals surface area contributed by atoms with E-state index in [0.29, 0.717) is 36.9 Å². The first-order valence-corrected chi connectivity index (χ1v) is 13.8. The summed E-state index contributed by atoms with van der Waals surface area (Å²) in [5.74, 6) is 3.04. The minimum atomic E-state index is -0.308. The van der Waals surface area contributed by atoms with E-state index in [1.165, 1.54) is 37.8 Å². The molecule has 4 rings (SSSR count). The van der Waals surface area contributed by atoms with Crippen molar-refractivity contribution in [1.82, 2.24) is 0 Å². The van der Waals surface area contributed by atoms with Crippen molar-refractivity contribution in [3.63, 3.8) is 0 Å². The maximum Gasteiger partial charge on any atom is 0.330 e. The van der Waals surface area contributed by atoms with E-state index in [4.69, 9.17) is 14.2 Å². The van der Waals surface area contributed by atoms with Gasteiger partial charge in [0.1, 0.15) is 6.10 Å². The third-order valence-electron chi connectivity index (χ3n) is 9.83. The van der Waals surface area contributed by atoms with E-state index >= 15 is 0 Å². The van der Waals surface area contributed by atoms with Gasteiger partial charge in [-0.15, -0.1) is 0 Å². The van der Waals surface area contributed by atoms with Gasteiger partial charge in [-0.2, -0.15) is 0 Å². The highest BCUT2D eigenvalue weighted by Gasteiger charge is 2.59. The smallest absolute Gasteiger partial charge is 0.330 e. The second-order valence-electron chi connectivity index (χ2n) is 11.5. The second kappa shape index (κ2) is 10.5. The Morgan fingerprint density at radius 3 is 2.51 bits per heavy atom. The fraction of sp³-hybridized carbons (Fsp3) is 0.733. The van der Waals surface area contributed by atoms with Crippen LogP contribution in [0.3, 0.4) is 0 Å². The zero-order valence-corrected chi connectivity index (χ0v) is 22.3. The molecule has 5 nitrogen and oxygen atoms in total. The van der Waals surface area contributed by atoms with Gasteiger partial charge in [-0.25, -0.2) is 4.79 Å². The van der Waals surface area contributed by atoms with E-state index in [1.54, 1.807) is 6.08 Å². The molecule has 7 unspecified atom stereocenters. The zero-order valence-electron chi connectivity index (χ0n) is 22.3. The Labute approximate surface area is 211 Å². The normalized spacial score (nSPS) is 38.7. The molecule has 0 N–H and O–H groups in total. The predicted molar refractivity (Wildman–Crippen MR) is 136 cm³/mol. The van der Waals surface area contributed by atoms with Crippen LogP contribution < -0.4 is 0 Å². The van der Waals surface area contributed by atoms with Crippen LogP contribution in [-0.4, -0.2) is 31.3 Å². The molecule has 0 bridgehead atoms. The fourth-order valence-electron chi connectivity index (χ4n) is 8.27. The summed E-state index contributed by atoms with van der Waals surface area (Å²) in [5.41, 5.74) is 1.99. The van der Waals surface area contributed by atoms with Crippen molar-refractivity contribution in [3.05, 3.63) is 35.6 Å². The predicted octanol–water partition coefficient (Wildman–Crippen LogP) is 6.54. The molecule has 0 aromatic rings. The molecule has 0 saturated heterocycles. The molecule has 0 radical (unpaired) electrons. The number of carbonyl (C=O) groups is 2. The van der Waals surface area contributed by atoms with Crippen LogP contribution in [0.1, 0.15) is 86.0 Å². The van der Waals surface area contributed by atoms with Crippen LogP contribution in [0.4, 0.5) is 0 Å². The monoisotopic (exact) mass is 484 g/mol. The summed E-state index contributed by atoms with van der Waals surface area (Å²) in [6, 6.07) is 0. The Kier molecular flexibility index (Phi) is 7.83. The van der Waals surface area contributed by atoms with Crippen LogP contribution >= 0.6 is 0 Å². The Morgan fingerprint density at radius 1 is 1.03 bits per heavy atom. The maximum atomic E-state index is 11.8. The number of hydrogen-bond acceptors (Lipinski definition) is 5. The molecule has 4 aliphatic rings. The van der Waals surface area contributed by atoms with E-state index in [-0.39, 0.29) is 28.9 Å². The first-order valence-electron chi connectivity index (χ1n) is 13.8. The fourth-order valence-corrected chi connectivity index (χ4v) is 8.27. The van der Waals surface area contributed by atoms with Gasteiger partial charge in [-0.05, 0) is 93.5 Å². The molecule has 5 heteroatoms. The van der Waals surface area contributed by atoms with Gasteiger partial charge >= 0.3 is 11.9 Å². The third kappa shape index (κ3) is 4.97. The molecular formula is C30H44O5.